The fourth-order valence-corrected chi connectivity index (χ4v) is 4.30. The monoisotopic (exact) mass is 393 g/mol. The molecule has 2 aliphatic heterocycles. The van der Waals surface area contributed by atoms with E-state index in [2.05, 4.69) is 27.4 Å². The Morgan fingerprint density at radius 1 is 1.26 bits per heavy atom. The van der Waals surface area contributed by atoms with Crippen LogP contribution in [0.5, 0.6) is 0 Å². The number of likely N-dealkylation sites (tertiary alicyclic amines) is 2. The van der Waals surface area contributed by atoms with E-state index in [1.54, 1.807) is 11.1 Å². The van der Waals surface area contributed by atoms with E-state index in [0.29, 0.717) is 18.2 Å². The van der Waals surface area contributed by atoms with Crippen molar-refractivity contribution < 1.29 is 9.59 Å². The van der Waals surface area contributed by atoms with Crippen LogP contribution in [0.25, 0.3) is 0 Å². The lowest BCUT2D eigenvalue weighted by atomic mass is 9.97. The molecule has 2 N–H and O–H groups in total. The van der Waals surface area contributed by atoms with Crippen molar-refractivity contribution in [3.8, 4) is 0 Å². The number of nitrogens with zero attached hydrogens (tertiary/aromatic N) is 3. The number of aromatic nitrogens is 1. The Morgan fingerprint density at radius 3 is 2.81 bits per heavy atom. The molecule has 0 radical (unpaired) electrons. The second kappa shape index (κ2) is 10.0. The first-order valence-corrected chi connectivity index (χ1v) is 11.0. The Kier molecular flexibility index (Phi) is 7.46. The lowest BCUT2D eigenvalue weighted by Crippen LogP contribution is -2.48. The molecule has 2 fully saturated rings. The van der Waals surface area contributed by atoms with Gasteiger partial charge in [-0.15, -0.1) is 11.3 Å². The van der Waals surface area contributed by atoms with Gasteiger partial charge in [-0.25, -0.2) is 9.78 Å². The van der Waals surface area contributed by atoms with Crippen LogP contribution < -0.4 is 10.6 Å². The van der Waals surface area contributed by atoms with Gasteiger partial charge in [-0.05, 0) is 57.7 Å². The van der Waals surface area contributed by atoms with Crippen LogP contribution in [-0.2, 0) is 4.79 Å². The largest absolute Gasteiger partial charge is 0.338 e. The third kappa shape index (κ3) is 6.17. The summed E-state index contributed by atoms with van der Waals surface area (Å²) in [6.45, 7) is 7.61. The van der Waals surface area contributed by atoms with Crippen molar-refractivity contribution in [2.75, 3.05) is 44.6 Å². The van der Waals surface area contributed by atoms with Gasteiger partial charge in [0.2, 0.25) is 5.91 Å². The Labute approximate surface area is 165 Å². The van der Waals surface area contributed by atoms with Gasteiger partial charge in [-0.1, -0.05) is 6.92 Å². The van der Waals surface area contributed by atoms with Gasteiger partial charge >= 0.3 is 6.03 Å². The molecule has 7 nitrogen and oxygen atoms in total. The molecule has 1 unspecified atom stereocenters. The Morgan fingerprint density at radius 2 is 2.07 bits per heavy atom. The molecule has 0 saturated carbocycles. The summed E-state index contributed by atoms with van der Waals surface area (Å²) in [5, 5.41) is 8.32. The standard InChI is InChI=1S/C19H31N5O2S/c1-15-5-11-23(12-6-15)9-3-7-21-19(26)24-10-2-4-16(14-24)17(25)22-18-20-8-13-27-18/h8,13,15-16H,2-7,9-12,14H2,1H3,(H,21,26)(H,20,22,25). The summed E-state index contributed by atoms with van der Waals surface area (Å²) in [4.78, 5) is 33.2. The van der Waals surface area contributed by atoms with E-state index in [4.69, 9.17) is 0 Å². The van der Waals surface area contributed by atoms with E-state index in [1.807, 2.05) is 5.38 Å². The lowest BCUT2D eigenvalue weighted by Gasteiger charge is -2.32. The van der Waals surface area contributed by atoms with E-state index in [-0.39, 0.29) is 17.9 Å². The predicted octanol–water partition coefficient (Wildman–Crippen LogP) is 2.63. The molecule has 0 aliphatic carbocycles. The highest BCUT2D eigenvalue weighted by Gasteiger charge is 2.28. The molecule has 2 saturated heterocycles. The molecular formula is C19H31N5O2S. The first-order valence-electron chi connectivity index (χ1n) is 10.1. The predicted molar refractivity (Wildman–Crippen MR) is 108 cm³/mol. The topological polar surface area (TPSA) is 77.6 Å². The molecule has 1 aromatic heterocycles. The summed E-state index contributed by atoms with van der Waals surface area (Å²) >= 11 is 1.41. The Balaban J connectivity index is 1.35. The maximum absolute atomic E-state index is 12.4. The van der Waals surface area contributed by atoms with Gasteiger partial charge in [0.15, 0.2) is 5.13 Å². The minimum absolute atomic E-state index is 0.0400. The van der Waals surface area contributed by atoms with Crippen LogP contribution in [0.2, 0.25) is 0 Å². The normalized spacial score (nSPS) is 21.8. The summed E-state index contributed by atoms with van der Waals surface area (Å²) in [7, 11) is 0. The van der Waals surface area contributed by atoms with Crippen LogP contribution in [0.15, 0.2) is 11.6 Å². The van der Waals surface area contributed by atoms with Crippen molar-refractivity contribution in [3.63, 3.8) is 0 Å². The van der Waals surface area contributed by atoms with Crippen LogP contribution in [0.1, 0.15) is 39.0 Å². The zero-order valence-electron chi connectivity index (χ0n) is 16.2. The van der Waals surface area contributed by atoms with Gasteiger partial charge in [0.1, 0.15) is 0 Å². The van der Waals surface area contributed by atoms with Crippen LogP contribution >= 0.6 is 11.3 Å². The third-order valence-corrected chi connectivity index (χ3v) is 6.23. The van der Waals surface area contributed by atoms with Gasteiger partial charge in [0.05, 0.1) is 5.92 Å². The van der Waals surface area contributed by atoms with Crippen molar-refractivity contribution in [2.45, 2.75) is 39.0 Å². The van der Waals surface area contributed by atoms with Gasteiger partial charge < -0.3 is 20.4 Å². The number of hydrogen-bond donors (Lipinski definition) is 2. The fourth-order valence-electron chi connectivity index (χ4n) is 3.76. The second-order valence-corrected chi connectivity index (χ2v) is 8.62. The number of amides is 3. The summed E-state index contributed by atoms with van der Waals surface area (Å²) < 4.78 is 0. The van der Waals surface area contributed by atoms with Crippen LogP contribution in [0.3, 0.4) is 0 Å². The highest BCUT2D eigenvalue weighted by atomic mass is 32.1. The maximum Gasteiger partial charge on any atom is 0.317 e. The number of rotatable bonds is 6. The number of carbonyl (C=O) groups is 2. The zero-order valence-corrected chi connectivity index (χ0v) is 17.0. The van der Waals surface area contributed by atoms with E-state index in [1.165, 1.54) is 37.3 Å². The van der Waals surface area contributed by atoms with Gasteiger partial charge in [-0.2, -0.15) is 0 Å². The summed E-state index contributed by atoms with van der Waals surface area (Å²) in [6.07, 6.45) is 6.88. The number of thiazole rings is 1. The minimum Gasteiger partial charge on any atom is -0.338 e. The molecule has 3 rings (SSSR count). The van der Waals surface area contributed by atoms with Gasteiger partial charge in [0.25, 0.3) is 0 Å². The molecule has 0 spiro atoms. The number of nitrogens with one attached hydrogen (secondary N) is 2. The summed E-state index contributed by atoms with van der Waals surface area (Å²) in [5.74, 6) is 0.645. The van der Waals surface area contributed by atoms with Crippen LogP contribution in [0, 0.1) is 11.8 Å². The van der Waals surface area contributed by atoms with E-state index < -0.39 is 0 Å². The SMILES string of the molecule is CC1CCN(CCCNC(=O)N2CCCC(C(=O)Nc3nccs3)C2)CC1. The van der Waals surface area contributed by atoms with Crippen molar-refractivity contribution in [3.05, 3.63) is 11.6 Å². The average Bonchev–Trinajstić information content (AvgIpc) is 3.19. The molecule has 1 aromatic rings. The molecule has 8 heteroatoms. The highest BCUT2D eigenvalue weighted by molar-refractivity contribution is 7.13. The number of piperidine rings is 2. The van der Waals surface area contributed by atoms with Crippen LogP contribution in [0.4, 0.5) is 9.93 Å². The van der Waals surface area contributed by atoms with Crippen molar-refractivity contribution in [1.29, 1.82) is 0 Å². The van der Waals surface area contributed by atoms with Gasteiger partial charge in [0, 0.05) is 31.2 Å². The molecule has 27 heavy (non-hydrogen) atoms. The quantitative estimate of drug-likeness (QED) is 0.729. The Bertz CT molecular complexity index is 601. The van der Waals surface area contributed by atoms with Crippen LogP contribution in [-0.4, -0.2) is 66.0 Å². The van der Waals surface area contributed by atoms with Crippen molar-refractivity contribution >= 4 is 28.4 Å². The molecular weight excluding hydrogens is 362 g/mol. The molecule has 0 aromatic carbocycles. The molecule has 3 amide bonds. The molecule has 150 valence electrons. The van der Waals surface area contributed by atoms with E-state index in [9.17, 15) is 9.59 Å². The molecule has 0 bridgehead atoms. The smallest absolute Gasteiger partial charge is 0.317 e. The highest BCUT2D eigenvalue weighted by Crippen LogP contribution is 2.20. The van der Waals surface area contributed by atoms with Gasteiger partial charge in [-0.3, -0.25) is 4.79 Å². The average molecular weight is 394 g/mol. The van der Waals surface area contributed by atoms with E-state index in [0.717, 1.165) is 38.3 Å². The number of anilines is 1. The number of carbonyl (C=O) groups excluding carboxylic acids is 2. The van der Waals surface area contributed by atoms with Crippen molar-refractivity contribution in [2.24, 2.45) is 11.8 Å². The zero-order chi connectivity index (χ0) is 19.1. The minimum atomic E-state index is -0.163. The Hall–Kier alpha value is -1.67. The third-order valence-electron chi connectivity index (χ3n) is 5.55. The lowest BCUT2D eigenvalue weighted by molar-refractivity contribution is -0.121. The van der Waals surface area contributed by atoms with Crippen molar-refractivity contribution in [1.82, 2.24) is 20.1 Å². The summed E-state index contributed by atoms with van der Waals surface area (Å²) in [5.41, 5.74) is 0. The maximum atomic E-state index is 12.4. The molecule has 3 heterocycles. The fraction of sp³-hybridized carbons (Fsp3) is 0.737. The second-order valence-electron chi connectivity index (χ2n) is 7.72. The molecule has 1 atom stereocenters. The van der Waals surface area contributed by atoms with E-state index >= 15 is 0 Å². The number of hydrogen-bond acceptors (Lipinski definition) is 5. The first-order chi connectivity index (χ1) is 13.1. The first kappa shape index (κ1) is 20.1. The summed E-state index contributed by atoms with van der Waals surface area (Å²) in [6, 6.07) is -0.0472. The molecule has 2 aliphatic rings. The number of urea groups is 1.